The lowest BCUT2D eigenvalue weighted by Gasteiger charge is -2.67. The van der Waals surface area contributed by atoms with Crippen molar-refractivity contribution in [3.63, 3.8) is 0 Å². The summed E-state index contributed by atoms with van der Waals surface area (Å²) in [6, 6.07) is 3.07. The number of likely N-dealkylation sites (N-methyl/N-ethyl adjacent to an activating group) is 1. The Morgan fingerprint density at radius 1 is 1.38 bits per heavy atom. The van der Waals surface area contributed by atoms with Crippen molar-refractivity contribution in [3.05, 3.63) is 24.2 Å². The zero-order valence-electron chi connectivity index (χ0n) is 18.5. The first-order valence-corrected chi connectivity index (χ1v) is 13.5. The minimum atomic E-state index is -3.83. The maximum atomic E-state index is 13.6. The third-order valence-corrected chi connectivity index (χ3v) is 9.76. The van der Waals surface area contributed by atoms with Gasteiger partial charge in [0.15, 0.2) is 0 Å². The van der Waals surface area contributed by atoms with E-state index in [0.29, 0.717) is 23.4 Å². The van der Waals surface area contributed by atoms with Crippen molar-refractivity contribution < 1.29 is 27.4 Å². The van der Waals surface area contributed by atoms with E-state index in [1.54, 1.807) is 13.1 Å². The van der Waals surface area contributed by atoms with Crippen LogP contribution in [-0.2, 0) is 14.8 Å². The van der Waals surface area contributed by atoms with E-state index in [4.69, 9.17) is 9.84 Å². The van der Waals surface area contributed by atoms with Crippen LogP contribution in [0.15, 0.2) is 34.0 Å². The van der Waals surface area contributed by atoms with Gasteiger partial charge in [-0.3, -0.25) is 0 Å². The number of sulfonamides is 1. The van der Waals surface area contributed by atoms with Gasteiger partial charge in [-0.2, -0.15) is 8.70 Å². The number of carboxylic acid groups (broad SMARTS) is 1. The topological polar surface area (TPSA) is 87.1 Å². The number of carboxylic acids is 1. The molecule has 0 spiro atoms. The third-order valence-electron chi connectivity index (χ3n) is 7.06. The van der Waals surface area contributed by atoms with Crippen LogP contribution in [0.2, 0.25) is 0 Å². The SMILES string of the molecule is CCCC[C@@H]1CN(C23CC(C2)C3)c2cc(SC)c(O/C=C(\F)C(=O)O)cc2S(=O)(=O)N1C. The van der Waals surface area contributed by atoms with Crippen LogP contribution >= 0.6 is 11.8 Å². The van der Waals surface area contributed by atoms with Gasteiger partial charge in [0, 0.05) is 31.2 Å². The lowest BCUT2D eigenvalue weighted by atomic mass is 9.49. The van der Waals surface area contributed by atoms with Crippen LogP contribution in [0.4, 0.5) is 10.1 Å². The van der Waals surface area contributed by atoms with Gasteiger partial charge in [0.2, 0.25) is 15.9 Å². The molecule has 0 amide bonds. The number of rotatable bonds is 8. The number of hydrogen-bond donors (Lipinski definition) is 1. The minimum absolute atomic E-state index is 0.0119. The highest BCUT2D eigenvalue weighted by molar-refractivity contribution is 7.98. The standard InChI is InChI=1S/C22H29FN2O5S2/c1-4-5-6-15-12-25(22-9-14(10-22)11-22)17-7-19(31-3)18(30-13-16(23)21(26)27)8-20(17)32(28,29)24(15)2/h7-8,13-15H,4-6,9-12H2,1-3H3,(H,26,27)/b16-13-/t14?,15-,22?/m1/s1. The Kier molecular flexibility index (Phi) is 6.23. The number of fused-ring (bicyclic) bond motifs is 1. The predicted molar refractivity (Wildman–Crippen MR) is 121 cm³/mol. The summed E-state index contributed by atoms with van der Waals surface area (Å²) < 4.78 is 47.6. The van der Waals surface area contributed by atoms with E-state index in [1.165, 1.54) is 22.1 Å². The number of ether oxygens (including phenoxy) is 1. The number of benzene rings is 1. The first-order valence-electron chi connectivity index (χ1n) is 10.9. The van der Waals surface area contributed by atoms with Crippen LogP contribution in [0, 0.1) is 5.92 Å². The highest BCUT2D eigenvalue weighted by atomic mass is 32.2. The van der Waals surface area contributed by atoms with Crippen LogP contribution < -0.4 is 9.64 Å². The largest absolute Gasteiger partial charge is 0.476 e. The van der Waals surface area contributed by atoms with E-state index >= 15 is 0 Å². The van der Waals surface area contributed by atoms with E-state index < -0.39 is 21.8 Å². The molecule has 32 heavy (non-hydrogen) atoms. The number of unbranched alkanes of at least 4 members (excludes halogenated alkanes) is 1. The average molecular weight is 485 g/mol. The summed E-state index contributed by atoms with van der Waals surface area (Å²) in [5.41, 5.74) is 0.672. The van der Waals surface area contributed by atoms with Gasteiger partial charge in [0.25, 0.3) is 0 Å². The molecule has 1 heterocycles. The summed E-state index contributed by atoms with van der Waals surface area (Å²) in [7, 11) is -2.20. The number of hydrogen-bond acceptors (Lipinski definition) is 6. The van der Waals surface area contributed by atoms with Gasteiger partial charge >= 0.3 is 5.97 Å². The Morgan fingerprint density at radius 2 is 2.06 bits per heavy atom. The molecule has 5 rings (SSSR count). The molecule has 1 aromatic carbocycles. The zero-order valence-corrected chi connectivity index (χ0v) is 20.1. The first kappa shape index (κ1) is 23.4. The fraction of sp³-hybridized carbons (Fsp3) is 0.591. The molecule has 1 N–H and O–H groups in total. The van der Waals surface area contributed by atoms with Gasteiger partial charge in [-0.05, 0) is 43.9 Å². The Morgan fingerprint density at radius 3 is 2.59 bits per heavy atom. The van der Waals surface area contributed by atoms with Crippen molar-refractivity contribution in [2.75, 3.05) is 24.7 Å². The second kappa shape index (κ2) is 8.53. The van der Waals surface area contributed by atoms with Crippen LogP contribution in [0.5, 0.6) is 5.75 Å². The molecule has 1 aromatic rings. The Balaban J connectivity index is 1.83. The van der Waals surface area contributed by atoms with Crippen LogP contribution in [-0.4, -0.2) is 55.2 Å². The maximum Gasteiger partial charge on any atom is 0.368 e. The second-order valence-corrected chi connectivity index (χ2v) is 11.8. The highest BCUT2D eigenvalue weighted by Gasteiger charge is 2.61. The average Bonchev–Trinajstić information content (AvgIpc) is 2.76. The van der Waals surface area contributed by atoms with Gasteiger partial charge in [-0.1, -0.05) is 19.8 Å². The number of aliphatic carboxylic acids is 1. The van der Waals surface area contributed by atoms with Crippen molar-refractivity contribution in [3.8, 4) is 5.75 Å². The second-order valence-electron chi connectivity index (χ2n) is 8.99. The van der Waals surface area contributed by atoms with E-state index in [-0.39, 0.29) is 22.2 Å². The zero-order chi connectivity index (χ0) is 23.3. The molecule has 0 radical (unpaired) electrons. The Bertz CT molecular complexity index is 1040. The van der Waals surface area contributed by atoms with Crippen molar-refractivity contribution >= 4 is 33.4 Å². The van der Waals surface area contributed by atoms with Gasteiger partial charge in [0.05, 0.1) is 10.6 Å². The molecule has 3 fully saturated rings. The monoisotopic (exact) mass is 484 g/mol. The molecule has 1 aliphatic heterocycles. The number of thioether (sulfide) groups is 1. The van der Waals surface area contributed by atoms with Gasteiger partial charge < -0.3 is 14.7 Å². The molecule has 3 aliphatic carbocycles. The summed E-state index contributed by atoms with van der Waals surface area (Å²) in [5.74, 6) is -2.35. The summed E-state index contributed by atoms with van der Waals surface area (Å²) in [5, 5.41) is 8.76. The van der Waals surface area contributed by atoms with Gasteiger partial charge in [-0.25, -0.2) is 13.2 Å². The molecule has 0 saturated heterocycles. The first-order chi connectivity index (χ1) is 15.1. The molecule has 7 nitrogen and oxygen atoms in total. The molecule has 1 atom stereocenters. The van der Waals surface area contributed by atoms with Crippen LogP contribution in [0.1, 0.15) is 45.4 Å². The van der Waals surface area contributed by atoms with Crippen molar-refractivity contribution in [1.82, 2.24) is 4.31 Å². The summed E-state index contributed by atoms with van der Waals surface area (Å²) in [6.07, 6.45) is 8.26. The molecule has 0 aromatic heterocycles. The fourth-order valence-corrected chi connectivity index (χ4v) is 7.17. The Hall–Kier alpha value is -1.78. The highest BCUT2D eigenvalue weighted by Crippen LogP contribution is 2.62. The Labute approximate surface area is 192 Å². The summed E-state index contributed by atoms with van der Waals surface area (Å²) >= 11 is 1.34. The lowest BCUT2D eigenvalue weighted by molar-refractivity contribution is -0.134. The number of carbonyl (C=O) groups is 1. The van der Waals surface area contributed by atoms with Crippen molar-refractivity contribution in [1.29, 1.82) is 0 Å². The lowest BCUT2D eigenvalue weighted by Crippen LogP contribution is -2.69. The van der Waals surface area contributed by atoms with Crippen molar-refractivity contribution in [2.24, 2.45) is 5.92 Å². The quantitative estimate of drug-likeness (QED) is 0.336. The van der Waals surface area contributed by atoms with E-state index in [0.717, 1.165) is 44.4 Å². The molecule has 3 saturated carbocycles. The van der Waals surface area contributed by atoms with Gasteiger partial charge in [0.1, 0.15) is 16.9 Å². The molecule has 10 heteroatoms. The number of anilines is 1. The van der Waals surface area contributed by atoms with Gasteiger partial charge in [-0.15, -0.1) is 11.8 Å². The predicted octanol–water partition coefficient (Wildman–Crippen LogP) is 4.23. The molecule has 4 aliphatic rings. The smallest absolute Gasteiger partial charge is 0.368 e. The normalized spacial score (nSPS) is 28.9. The third kappa shape index (κ3) is 3.80. The molecule has 176 valence electrons. The fourth-order valence-electron chi connectivity index (χ4n) is 5.07. The minimum Gasteiger partial charge on any atom is -0.476 e. The van der Waals surface area contributed by atoms with E-state index in [1.807, 2.05) is 6.26 Å². The number of halogens is 1. The van der Waals surface area contributed by atoms with E-state index in [9.17, 15) is 17.6 Å². The van der Waals surface area contributed by atoms with Crippen LogP contribution in [0.3, 0.4) is 0 Å². The van der Waals surface area contributed by atoms with E-state index in [2.05, 4.69) is 11.8 Å². The summed E-state index contributed by atoms with van der Waals surface area (Å²) in [4.78, 5) is 13.8. The molecule has 2 bridgehead atoms. The molecular weight excluding hydrogens is 455 g/mol. The molecule has 0 unspecified atom stereocenters. The number of nitrogens with zero attached hydrogens (tertiary/aromatic N) is 2. The van der Waals surface area contributed by atoms with Crippen molar-refractivity contribution in [2.45, 2.75) is 66.8 Å². The molecular formula is C22H29FN2O5S2. The summed E-state index contributed by atoms with van der Waals surface area (Å²) in [6.45, 7) is 2.73. The van der Waals surface area contributed by atoms with Crippen LogP contribution in [0.25, 0.3) is 0 Å². The maximum absolute atomic E-state index is 13.6.